The highest BCUT2D eigenvalue weighted by molar-refractivity contribution is 5.87. The largest absolute Gasteiger partial charge is 0.460 e. The van der Waals surface area contributed by atoms with Gasteiger partial charge in [0.2, 0.25) is 0 Å². The van der Waals surface area contributed by atoms with Crippen molar-refractivity contribution < 1.29 is 38.0 Å². The van der Waals surface area contributed by atoms with Crippen LogP contribution in [0.25, 0.3) is 0 Å². The van der Waals surface area contributed by atoms with Gasteiger partial charge < -0.3 is 28.4 Å². The molecule has 0 saturated carbocycles. The van der Waals surface area contributed by atoms with E-state index < -0.39 is 23.5 Å². The van der Waals surface area contributed by atoms with Crippen molar-refractivity contribution in [3.05, 3.63) is 24.3 Å². The maximum absolute atomic E-state index is 11.5. The topological polar surface area (TPSA) is 89.5 Å². The smallest absolute Gasteiger partial charge is 0.333 e. The molecule has 0 aliphatic rings. The fraction of sp³-hybridized carbons (Fsp3) is 0.750. The fourth-order valence-corrected chi connectivity index (χ4v) is 2.46. The molecule has 32 heavy (non-hydrogen) atoms. The van der Waals surface area contributed by atoms with Gasteiger partial charge in [0.15, 0.2) is 11.6 Å². The Kier molecular flexibility index (Phi) is 15.1. The minimum atomic E-state index is -0.810. The van der Waals surface area contributed by atoms with Gasteiger partial charge in [0.25, 0.3) is 0 Å². The van der Waals surface area contributed by atoms with E-state index in [0.29, 0.717) is 43.6 Å². The first-order chi connectivity index (χ1) is 15.0. The van der Waals surface area contributed by atoms with E-state index in [2.05, 4.69) is 13.2 Å². The third kappa shape index (κ3) is 13.6. The van der Waals surface area contributed by atoms with Crippen molar-refractivity contribution in [2.75, 3.05) is 39.6 Å². The van der Waals surface area contributed by atoms with E-state index in [1.165, 1.54) is 0 Å². The molecule has 186 valence electrons. The Morgan fingerprint density at radius 1 is 0.688 bits per heavy atom. The van der Waals surface area contributed by atoms with Gasteiger partial charge in [-0.05, 0) is 47.0 Å². The van der Waals surface area contributed by atoms with Crippen LogP contribution in [0.2, 0.25) is 0 Å². The fourth-order valence-electron chi connectivity index (χ4n) is 2.46. The van der Waals surface area contributed by atoms with Crippen LogP contribution < -0.4 is 0 Å². The van der Waals surface area contributed by atoms with Gasteiger partial charge in [-0.3, -0.25) is 0 Å². The third-order valence-corrected chi connectivity index (χ3v) is 4.58. The molecule has 2 atom stereocenters. The second-order valence-electron chi connectivity index (χ2n) is 7.95. The summed E-state index contributed by atoms with van der Waals surface area (Å²) >= 11 is 0. The van der Waals surface area contributed by atoms with Crippen molar-refractivity contribution in [3.8, 4) is 0 Å². The van der Waals surface area contributed by atoms with Crippen LogP contribution in [0.5, 0.6) is 0 Å². The molecule has 8 heteroatoms. The highest BCUT2D eigenvalue weighted by Gasteiger charge is 2.27. The Hall–Kier alpha value is -1.74. The van der Waals surface area contributed by atoms with Gasteiger partial charge in [-0.25, -0.2) is 9.59 Å². The van der Waals surface area contributed by atoms with E-state index in [9.17, 15) is 9.59 Å². The summed E-state index contributed by atoms with van der Waals surface area (Å²) in [6.45, 7) is 19.7. The Morgan fingerprint density at radius 3 is 1.56 bits per heavy atom. The van der Waals surface area contributed by atoms with Gasteiger partial charge in [-0.15, -0.1) is 0 Å². The highest BCUT2D eigenvalue weighted by atomic mass is 16.7. The molecule has 0 N–H and O–H groups in total. The maximum Gasteiger partial charge on any atom is 0.333 e. The average molecular weight is 459 g/mol. The van der Waals surface area contributed by atoms with E-state index in [0.717, 1.165) is 6.42 Å². The first kappa shape index (κ1) is 30.3. The zero-order chi connectivity index (χ0) is 24.6. The maximum atomic E-state index is 11.5. The second kappa shape index (κ2) is 16.0. The summed E-state index contributed by atoms with van der Waals surface area (Å²) in [5.74, 6) is -2.47. The van der Waals surface area contributed by atoms with Gasteiger partial charge >= 0.3 is 11.9 Å². The molecular formula is C24H42O8. The lowest BCUT2D eigenvalue weighted by molar-refractivity contribution is -0.247. The summed E-state index contributed by atoms with van der Waals surface area (Å²) in [5.41, 5.74) is 0.700. The van der Waals surface area contributed by atoms with Crippen LogP contribution in [0, 0.1) is 0 Å². The van der Waals surface area contributed by atoms with E-state index in [1.807, 2.05) is 27.7 Å². The molecule has 0 aliphatic carbocycles. The number of esters is 2. The molecule has 0 fully saturated rings. The molecule has 0 amide bonds. The van der Waals surface area contributed by atoms with Gasteiger partial charge in [0, 0.05) is 24.2 Å². The molecular weight excluding hydrogens is 416 g/mol. The molecule has 0 bridgehead atoms. The summed E-state index contributed by atoms with van der Waals surface area (Å²) in [5, 5.41) is 0. The van der Waals surface area contributed by atoms with E-state index in [4.69, 9.17) is 28.4 Å². The number of carbonyl (C=O) groups is 2. The van der Waals surface area contributed by atoms with Crippen LogP contribution in [0.4, 0.5) is 0 Å². The SMILES string of the molecule is C=C(C)C(=O)OCCOC(C)(CC)OCCCC(C)(OCCC)OCCOC(=O)C(=C)C. The minimum absolute atomic E-state index is 0.130. The highest BCUT2D eigenvalue weighted by Crippen LogP contribution is 2.22. The van der Waals surface area contributed by atoms with Crippen molar-refractivity contribution in [3.63, 3.8) is 0 Å². The van der Waals surface area contributed by atoms with Crippen LogP contribution in [0.15, 0.2) is 24.3 Å². The molecule has 2 unspecified atom stereocenters. The molecule has 8 nitrogen and oxygen atoms in total. The zero-order valence-electron chi connectivity index (χ0n) is 20.8. The molecule has 0 radical (unpaired) electrons. The van der Waals surface area contributed by atoms with Gasteiger partial charge in [-0.1, -0.05) is 27.0 Å². The van der Waals surface area contributed by atoms with Crippen LogP contribution in [0.1, 0.15) is 67.2 Å². The summed E-state index contributed by atoms with van der Waals surface area (Å²) in [6, 6.07) is 0. The number of hydrogen-bond acceptors (Lipinski definition) is 8. The van der Waals surface area contributed by atoms with Crippen LogP contribution >= 0.6 is 0 Å². The van der Waals surface area contributed by atoms with Gasteiger partial charge in [0.1, 0.15) is 13.2 Å². The number of carbonyl (C=O) groups excluding carboxylic acids is 2. The first-order valence-corrected chi connectivity index (χ1v) is 11.2. The van der Waals surface area contributed by atoms with Gasteiger partial charge in [0.05, 0.1) is 19.8 Å². The first-order valence-electron chi connectivity index (χ1n) is 11.2. The summed E-state index contributed by atoms with van der Waals surface area (Å²) in [6.07, 6.45) is 2.76. The molecule has 0 saturated heterocycles. The van der Waals surface area contributed by atoms with Crippen LogP contribution in [0.3, 0.4) is 0 Å². The number of rotatable bonds is 19. The summed E-state index contributed by atoms with van der Waals surface area (Å²) in [4.78, 5) is 22.9. The van der Waals surface area contributed by atoms with Crippen molar-refractivity contribution in [1.82, 2.24) is 0 Å². The summed E-state index contributed by atoms with van der Waals surface area (Å²) in [7, 11) is 0. The average Bonchev–Trinajstić information content (AvgIpc) is 2.75. The molecule has 0 aromatic heterocycles. The molecule has 0 spiro atoms. The standard InChI is InChI=1S/C24H42O8/c1-9-13-29-24(8,32-18-16-28-22(26)20(5)6)12-11-14-30-23(7,10-2)31-17-15-27-21(25)19(3)4/h3,5,9-18H2,1-2,4,6-8H3. The van der Waals surface area contributed by atoms with Gasteiger partial charge in [-0.2, -0.15) is 0 Å². The van der Waals surface area contributed by atoms with Crippen molar-refractivity contribution in [2.24, 2.45) is 0 Å². The molecule has 0 aliphatic heterocycles. The van der Waals surface area contributed by atoms with Crippen LogP contribution in [-0.4, -0.2) is 63.2 Å². The van der Waals surface area contributed by atoms with Crippen molar-refractivity contribution in [1.29, 1.82) is 0 Å². The second-order valence-corrected chi connectivity index (χ2v) is 7.95. The number of hydrogen-bond donors (Lipinski definition) is 0. The monoisotopic (exact) mass is 458 g/mol. The Bertz CT molecular complexity index is 603. The van der Waals surface area contributed by atoms with E-state index in [1.54, 1.807) is 13.8 Å². The summed E-state index contributed by atoms with van der Waals surface area (Å²) < 4.78 is 33.6. The molecule has 0 aromatic rings. The Labute approximate surface area is 193 Å². The van der Waals surface area contributed by atoms with Crippen molar-refractivity contribution >= 4 is 11.9 Å². The third-order valence-electron chi connectivity index (χ3n) is 4.58. The molecule has 0 aromatic carbocycles. The quantitative estimate of drug-likeness (QED) is 0.122. The van der Waals surface area contributed by atoms with Crippen molar-refractivity contribution in [2.45, 2.75) is 78.8 Å². The molecule has 0 heterocycles. The minimum Gasteiger partial charge on any atom is -0.460 e. The van der Waals surface area contributed by atoms with E-state index in [-0.39, 0.29) is 26.4 Å². The molecule has 0 rings (SSSR count). The van der Waals surface area contributed by atoms with Crippen LogP contribution in [-0.2, 0) is 38.0 Å². The predicted molar refractivity (Wildman–Crippen MR) is 122 cm³/mol. The lowest BCUT2D eigenvalue weighted by atomic mass is 10.1. The lowest BCUT2D eigenvalue weighted by Gasteiger charge is -2.32. The zero-order valence-corrected chi connectivity index (χ0v) is 20.8. The Balaban J connectivity index is 4.42. The number of ether oxygens (including phenoxy) is 6. The van der Waals surface area contributed by atoms with E-state index >= 15 is 0 Å². The Morgan fingerprint density at radius 2 is 1.12 bits per heavy atom. The normalized spacial score (nSPS) is 14.8. The lowest BCUT2D eigenvalue weighted by Crippen LogP contribution is -2.36. The predicted octanol–water partition coefficient (Wildman–Crippen LogP) is 4.32.